The normalized spacial score (nSPS) is 31.3. The molecule has 11 heavy (non-hydrogen) atoms. The highest BCUT2D eigenvalue weighted by Crippen LogP contribution is 2.11. The number of aliphatic hydroxyl groups is 1. The lowest BCUT2D eigenvalue weighted by molar-refractivity contribution is -0.125. The first kappa shape index (κ1) is 8.68. The van der Waals surface area contributed by atoms with Gasteiger partial charge in [-0.15, -0.1) is 0 Å². The summed E-state index contributed by atoms with van der Waals surface area (Å²) in [6, 6.07) is -0.310. The second-order valence-corrected chi connectivity index (χ2v) is 3.34. The van der Waals surface area contributed by atoms with Crippen molar-refractivity contribution in [1.82, 2.24) is 5.32 Å². The van der Waals surface area contributed by atoms with Crippen molar-refractivity contribution in [1.29, 1.82) is 0 Å². The zero-order valence-corrected chi connectivity index (χ0v) is 7.00. The van der Waals surface area contributed by atoms with Crippen molar-refractivity contribution in [2.24, 2.45) is 5.92 Å². The van der Waals surface area contributed by atoms with Gasteiger partial charge < -0.3 is 10.4 Å². The highest BCUT2D eigenvalue weighted by atomic mass is 16.3. The average Bonchev–Trinajstić information content (AvgIpc) is 2.33. The molecule has 1 aliphatic heterocycles. The van der Waals surface area contributed by atoms with Gasteiger partial charge in [-0.05, 0) is 13.0 Å². The smallest absolute Gasteiger partial charge is 0.154 e. The standard InChI is InChI=1S/C8H15NO2/c1-5(2)8(11)7-6(10)3-4-9-7/h5-7,9-10H,3-4H2,1-2H3. The zero-order chi connectivity index (χ0) is 8.43. The molecule has 0 bridgehead atoms. The predicted octanol–water partition coefficient (Wildman–Crippen LogP) is -0.0657. The van der Waals surface area contributed by atoms with E-state index in [1.54, 1.807) is 0 Å². The lowest BCUT2D eigenvalue weighted by atomic mass is 9.99. The maximum atomic E-state index is 11.3. The van der Waals surface area contributed by atoms with Gasteiger partial charge in [-0.3, -0.25) is 4.79 Å². The van der Waals surface area contributed by atoms with Gasteiger partial charge in [0.1, 0.15) is 0 Å². The SMILES string of the molecule is CC(C)C(=O)C1NCCC1O. The monoisotopic (exact) mass is 157 g/mol. The second kappa shape index (κ2) is 3.32. The number of Topliss-reactive ketones (excluding diaryl/α,β-unsaturated/α-hetero) is 1. The van der Waals surface area contributed by atoms with E-state index in [9.17, 15) is 9.90 Å². The van der Waals surface area contributed by atoms with Crippen molar-refractivity contribution in [3.8, 4) is 0 Å². The maximum Gasteiger partial charge on any atom is 0.154 e. The summed E-state index contributed by atoms with van der Waals surface area (Å²) in [4.78, 5) is 11.3. The molecule has 1 heterocycles. The number of hydrogen-bond donors (Lipinski definition) is 2. The molecule has 1 aliphatic rings. The third kappa shape index (κ3) is 1.79. The van der Waals surface area contributed by atoms with Crippen LogP contribution in [-0.4, -0.2) is 29.6 Å². The molecule has 0 aromatic rings. The molecule has 0 saturated carbocycles. The van der Waals surface area contributed by atoms with Gasteiger partial charge in [0.15, 0.2) is 5.78 Å². The van der Waals surface area contributed by atoms with Gasteiger partial charge in [-0.1, -0.05) is 13.8 Å². The van der Waals surface area contributed by atoms with Crippen LogP contribution in [0.5, 0.6) is 0 Å². The summed E-state index contributed by atoms with van der Waals surface area (Å²) in [6.45, 7) is 4.47. The van der Waals surface area contributed by atoms with Gasteiger partial charge in [0, 0.05) is 5.92 Å². The van der Waals surface area contributed by atoms with Gasteiger partial charge in [-0.2, -0.15) is 0 Å². The van der Waals surface area contributed by atoms with Crippen LogP contribution >= 0.6 is 0 Å². The third-order valence-corrected chi connectivity index (χ3v) is 2.06. The summed E-state index contributed by atoms with van der Waals surface area (Å²) >= 11 is 0. The van der Waals surface area contributed by atoms with Gasteiger partial charge in [0.25, 0.3) is 0 Å². The first-order valence-electron chi connectivity index (χ1n) is 4.08. The lowest BCUT2D eigenvalue weighted by Gasteiger charge is -2.15. The molecule has 0 spiro atoms. The zero-order valence-electron chi connectivity index (χ0n) is 7.00. The van der Waals surface area contributed by atoms with Crippen LogP contribution in [0.1, 0.15) is 20.3 Å². The lowest BCUT2D eigenvalue weighted by Crippen LogP contribution is -2.40. The third-order valence-electron chi connectivity index (χ3n) is 2.06. The molecule has 0 aromatic carbocycles. The molecule has 2 unspecified atom stereocenters. The van der Waals surface area contributed by atoms with Crippen LogP contribution in [0.2, 0.25) is 0 Å². The van der Waals surface area contributed by atoms with Gasteiger partial charge in [-0.25, -0.2) is 0 Å². The molecule has 1 saturated heterocycles. The average molecular weight is 157 g/mol. The first-order chi connectivity index (χ1) is 5.13. The van der Waals surface area contributed by atoms with E-state index in [0.29, 0.717) is 6.42 Å². The highest BCUT2D eigenvalue weighted by Gasteiger charge is 2.31. The van der Waals surface area contributed by atoms with Crippen LogP contribution in [0.3, 0.4) is 0 Å². The summed E-state index contributed by atoms with van der Waals surface area (Å²) in [5.41, 5.74) is 0. The van der Waals surface area contributed by atoms with Crippen molar-refractivity contribution in [2.75, 3.05) is 6.54 Å². The Labute approximate surface area is 66.8 Å². The second-order valence-electron chi connectivity index (χ2n) is 3.34. The molecule has 0 aromatic heterocycles. The Morgan fingerprint density at radius 3 is 2.64 bits per heavy atom. The summed E-state index contributed by atoms with van der Waals surface area (Å²) < 4.78 is 0. The Bertz CT molecular complexity index is 156. The van der Waals surface area contributed by atoms with E-state index in [2.05, 4.69) is 5.32 Å². The van der Waals surface area contributed by atoms with E-state index in [1.165, 1.54) is 0 Å². The van der Waals surface area contributed by atoms with Crippen LogP contribution in [-0.2, 0) is 4.79 Å². The number of carbonyl (C=O) groups is 1. The molecule has 1 fully saturated rings. The molecule has 3 nitrogen and oxygen atoms in total. The van der Waals surface area contributed by atoms with E-state index in [-0.39, 0.29) is 17.7 Å². The molecule has 3 heteroatoms. The number of hydrogen-bond acceptors (Lipinski definition) is 3. The number of carbonyl (C=O) groups excluding carboxylic acids is 1. The summed E-state index contributed by atoms with van der Waals surface area (Å²) in [5.74, 6) is 0.134. The van der Waals surface area contributed by atoms with E-state index in [4.69, 9.17) is 0 Å². The summed E-state index contributed by atoms with van der Waals surface area (Å²) in [5, 5.41) is 12.3. The largest absolute Gasteiger partial charge is 0.391 e. The molecule has 1 rings (SSSR count). The van der Waals surface area contributed by atoms with E-state index in [1.807, 2.05) is 13.8 Å². The fourth-order valence-electron chi connectivity index (χ4n) is 1.34. The van der Waals surface area contributed by atoms with Crippen LogP contribution in [0, 0.1) is 5.92 Å². The number of ketones is 1. The first-order valence-corrected chi connectivity index (χ1v) is 4.08. The molecule has 64 valence electrons. The van der Waals surface area contributed by atoms with Crippen molar-refractivity contribution in [3.05, 3.63) is 0 Å². The molecule has 0 radical (unpaired) electrons. The van der Waals surface area contributed by atoms with Crippen LogP contribution in [0.15, 0.2) is 0 Å². The Morgan fingerprint density at radius 2 is 2.27 bits per heavy atom. The molecule has 2 N–H and O–H groups in total. The quantitative estimate of drug-likeness (QED) is 0.590. The van der Waals surface area contributed by atoms with E-state index >= 15 is 0 Å². The Morgan fingerprint density at radius 1 is 1.64 bits per heavy atom. The number of rotatable bonds is 2. The van der Waals surface area contributed by atoms with E-state index in [0.717, 1.165) is 6.54 Å². The van der Waals surface area contributed by atoms with Crippen molar-refractivity contribution in [2.45, 2.75) is 32.4 Å². The Balaban J connectivity index is 2.53. The van der Waals surface area contributed by atoms with Crippen molar-refractivity contribution >= 4 is 5.78 Å². The fraction of sp³-hybridized carbons (Fsp3) is 0.875. The fourth-order valence-corrected chi connectivity index (χ4v) is 1.34. The summed E-state index contributed by atoms with van der Waals surface area (Å²) in [7, 11) is 0. The van der Waals surface area contributed by atoms with Crippen LogP contribution < -0.4 is 5.32 Å². The number of aliphatic hydroxyl groups excluding tert-OH is 1. The highest BCUT2D eigenvalue weighted by molar-refractivity contribution is 5.86. The van der Waals surface area contributed by atoms with E-state index < -0.39 is 6.10 Å². The van der Waals surface area contributed by atoms with Gasteiger partial charge in [0.05, 0.1) is 12.1 Å². The van der Waals surface area contributed by atoms with Gasteiger partial charge in [0.2, 0.25) is 0 Å². The van der Waals surface area contributed by atoms with Crippen molar-refractivity contribution in [3.63, 3.8) is 0 Å². The summed E-state index contributed by atoms with van der Waals surface area (Å²) in [6.07, 6.45) is 0.230. The Hall–Kier alpha value is -0.410. The Kier molecular flexibility index (Phi) is 2.62. The molecule has 2 atom stereocenters. The maximum absolute atomic E-state index is 11.3. The predicted molar refractivity (Wildman–Crippen MR) is 42.3 cm³/mol. The van der Waals surface area contributed by atoms with Crippen molar-refractivity contribution < 1.29 is 9.90 Å². The molecule has 0 aliphatic carbocycles. The van der Waals surface area contributed by atoms with Crippen LogP contribution in [0.25, 0.3) is 0 Å². The molecular weight excluding hydrogens is 142 g/mol. The topological polar surface area (TPSA) is 49.3 Å². The number of nitrogens with one attached hydrogen (secondary N) is 1. The molecule has 0 amide bonds. The van der Waals surface area contributed by atoms with Gasteiger partial charge >= 0.3 is 0 Å². The van der Waals surface area contributed by atoms with Crippen LogP contribution in [0.4, 0.5) is 0 Å². The minimum Gasteiger partial charge on any atom is -0.391 e. The minimum atomic E-state index is -0.468. The minimum absolute atomic E-state index is 0.0141. The molecular formula is C8H15NO2.